The van der Waals surface area contributed by atoms with E-state index in [4.69, 9.17) is 24.7 Å². The quantitative estimate of drug-likeness (QED) is 0.400. The molecule has 0 aromatic carbocycles. The normalized spacial score (nSPS) is 12.9. The predicted octanol–water partition coefficient (Wildman–Crippen LogP) is 0.0460. The van der Waals surface area contributed by atoms with Crippen LogP contribution in [0.25, 0.3) is 0 Å². The predicted molar refractivity (Wildman–Crippen MR) is 87.7 cm³/mol. The minimum atomic E-state index is -3.11. The molecule has 20 heavy (non-hydrogen) atoms. The fourth-order valence-corrected chi connectivity index (χ4v) is 26.3. The molecule has 0 spiro atoms. The van der Waals surface area contributed by atoms with Gasteiger partial charge in [0.1, 0.15) is 0 Å². The Bertz CT molecular complexity index is 189. The molecule has 0 saturated heterocycles. The second-order valence-electron chi connectivity index (χ2n) is 2.95. The molecule has 0 aliphatic carbocycles. The summed E-state index contributed by atoms with van der Waals surface area (Å²) in [6.45, 7) is 11.7. The highest BCUT2D eigenvalue weighted by Crippen LogP contribution is 2.26. The van der Waals surface area contributed by atoms with Crippen LogP contribution in [0.15, 0.2) is 0 Å². The van der Waals surface area contributed by atoms with Crippen LogP contribution in [0.3, 0.4) is 0 Å². The fourth-order valence-electron chi connectivity index (χ4n) is 1.31. The van der Waals surface area contributed by atoms with E-state index in [1.165, 1.54) is 0 Å². The number of rotatable bonds is 13. The van der Waals surface area contributed by atoms with Crippen molar-refractivity contribution in [3.8, 4) is 0 Å². The summed E-state index contributed by atoms with van der Waals surface area (Å²) in [4.78, 5) is 0. The molecule has 0 rings (SSSR count). The summed E-state index contributed by atoms with van der Waals surface area (Å²) in [5, 5.41) is 0. The van der Waals surface area contributed by atoms with Crippen molar-refractivity contribution in [3.05, 3.63) is 0 Å². The molecule has 0 amide bonds. The smallest absolute Gasteiger partial charge is 0.414 e. The lowest BCUT2D eigenvalue weighted by molar-refractivity contribution is 0.228. The van der Waals surface area contributed by atoms with Crippen LogP contribution in [-0.2, 0) is 24.7 Å². The molecular weight excluding hydrogens is 393 g/mol. The summed E-state index contributed by atoms with van der Waals surface area (Å²) in [5.74, 6) is 0. The van der Waals surface area contributed by atoms with Crippen molar-refractivity contribution < 1.29 is 24.7 Å². The summed E-state index contributed by atoms with van der Waals surface area (Å²) in [7, 11) is -4.77. The van der Waals surface area contributed by atoms with Crippen molar-refractivity contribution in [1.82, 2.24) is 0 Å². The Morgan fingerprint density at radius 3 is 0.650 bits per heavy atom. The van der Waals surface area contributed by atoms with Crippen LogP contribution in [0.5, 0.6) is 0 Å². The van der Waals surface area contributed by atoms with E-state index in [1.807, 2.05) is 39.3 Å². The van der Waals surface area contributed by atoms with Crippen LogP contribution in [0.1, 0.15) is 0 Å². The third-order valence-electron chi connectivity index (χ3n) is 1.79. The topological polar surface area (TPSA) is 55.4 Å². The van der Waals surface area contributed by atoms with E-state index in [-0.39, 0.29) is 58.6 Å². The molecule has 12 radical (unpaired) electrons. The first kappa shape index (κ1) is 21.5. The first-order chi connectivity index (χ1) is 9.61. The Labute approximate surface area is 139 Å². The maximum atomic E-state index is 5.97. The number of hydrogen-bond donors (Lipinski definition) is 0. The Balaban J connectivity index is 5.62. The maximum absolute atomic E-state index is 5.97. The first-order valence-corrected chi connectivity index (χ1v) is 18.6. The van der Waals surface area contributed by atoms with Gasteiger partial charge in [-0.3, -0.25) is 0 Å². The summed E-state index contributed by atoms with van der Waals surface area (Å²) in [6.07, 6.45) is 0. The van der Waals surface area contributed by atoms with Crippen LogP contribution >= 0.6 is 0 Å². The van der Waals surface area contributed by atoms with Gasteiger partial charge in [-0.25, -0.2) is 0 Å². The lowest BCUT2D eigenvalue weighted by Gasteiger charge is -2.41. The van der Waals surface area contributed by atoms with Gasteiger partial charge in [-0.15, -0.1) is 0 Å². The highest BCUT2D eigenvalue weighted by molar-refractivity contribution is 7.31. The zero-order valence-electron chi connectivity index (χ0n) is 12.4. The van der Waals surface area contributed by atoms with Gasteiger partial charge in [-0.2, -0.15) is 0 Å². The second kappa shape index (κ2) is 12.0. The average Bonchev–Trinajstić information content (AvgIpc) is 2.40. The molecule has 0 N–H and O–H groups in total. The van der Waals surface area contributed by atoms with E-state index in [0.29, 0.717) is 0 Å². The molecular formula is C6H18O6Si8. The zero-order valence-corrected chi connectivity index (χ0v) is 20.4. The van der Waals surface area contributed by atoms with E-state index < -0.39 is 16.6 Å². The molecule has 0 aromatic rings. The Morgan fingerprint density at radius 2 is 0.550 bits per heavy atom. The van der Waals surface area contributed by atoms with Crippen LogP contribution in [0.2, 0.25) is 39.3 Å². The van der Waals surface area contributed by atoms with E-state index in [0.717, 1.165) is 0 Å². The van der Waals surface area contributed by atoms with Crippen molar-refractivity contribution >= 4 is 75.2 Å². The van der Waals surface area contributed by atoms with Crippen molar-refractivity contribution in [2.24, 2.45) is 0 Å². The number of hydrogen-bond acceptors (Lipinski definition) is 6. The zero-order chi connectivity index (χ0) is 15.5. The van der Waals surface area contributed by atoms with E-state index >= 15 is 0 Å². The molecule has 0 aromatic heterocycles. The SMILES string of the molecule is C[Si]O[Si](O[Si]C)(O[Si]C)[Si](O[Si]C)(O[Si]C)O[Si]C. The molecule has 0 fully saturated rings. The van der Waals surface area contributed by atoms with E-state index in [1.54, 1.807) is 0 Å². The molecule has 0 atom stereocenters. The summed E-state index contributed by atoms with van der Waals surface area (Å²) < 4.78 is 35.8. The molecule has 6 nitrogen and oxygen atoms in total. The minimum Gasteiger partial charge on any atom is -0.414 e. The molecule has 0 aliphatic rings. The van der Waals surface area contributed by atoms with Gasteiger partial charge in [-0.1, -0.05) is 0 Å². The van der Waals surface area contributed by atoms with E-state index in [2.05, 4.69) is 0 Å². The highest BCUT2D eigenvalue weighted by atomic mass is 29.3. The third-order valence-corrected chi connectivity index (χ3v) is 21.7. The summed E-state index contributed by atoms with van der Waals surface area (Å²) >= 11 is 0. The van der Waals surface area contributed by atoms with E-state index in [9.17, 15) is 0 Å². The molecule has 0 unspecified atom stereocenters. The van der Waals surface area contributed by atoms with Crippen molar-refractivity contribution in [2.45, 2.75) is 39.3 Å². The standard InChI is InChI=1S/C6H18O6Si8/c1-13-7-19(8-14-2,9-15-3)20(10-16-4,11-17-5)12-18-6/h1-6H3. The maximum Gasteiger partial charge on any atom is 0.543 e. The Morgan fingerprint density at radius 1 is 0.400 bits per heavy atom. The summed E-state index contributed by atoms with van der Waals surface area (Å²) in [5.41, 5.74) is 0. The van der Waals surface area contributed by atoms with Crippen LogP contribution in [0, 0.1) is 0 Å². The van der Waals surface area contributed by atoms with Gasteiger partial charge in [0.15, 0.2) is 0 Å². The first-order valence-electron chi connectivity index (χ1n) is 5.70. The van der Waals surface area contributed by atoms with Crippen molar-refractivity contribution in [2.75, 3.05) is 0 Å². The highest BCUT2D eigenvalue weighted by Gasteiger charge is 2.69. The summed E-state index contributed by atoms with van der Waals surface area (Å²) in [6, 6.07) is 0. The van der Waals surface area contributed by atoms with Crippen LogP contribution < -0.4 is 0 Å². The van der Waals surface area contributed by atoms with Gasteiger partial charge >= 0.3 is 16.6 Å². The molecule has 0 aliphatic heterocycles. The molecule has 14 heteroatoms. The van der Waals surface area contributed by atoms with Gasteiger partial charge in [0.2, 0.25) is 58.6 Å². The second-order valence-corrected chi connectivity index (χ2v) is 16.2. The van der Waals surface area contributed by atoms with Gasteiger partial charge in [0, 0.05) is 0 Å². The fraction of sp³-hybridized carbons (Fsp3) is 1.00. The third kappa shape index (κ3) is 5.60. The van der Waals surface area contributed by atoms with Crippen molar-refractivity contribution in [3.63, 3.8) is 0 Å². The van der Waals surface area contributed by atoms with Gasteiger partial charge in [0.25, 0.3) is 0 Å². The lowest BCUT2D eigenvalue weighted by Crippen LogP contribution is -2.75. The lowest BCUT2D eigenvalue weighted by atomic mass is 11.9. The van der Waals surface area contributed by atoms with Gasteiger partial charge in [-0.05, 0) is 39.3 Å². The monoisotopic (exact) mass is 410 g/mol. The largest absolute Gasteiger partial charge is 0.543 e. The van der Waals surface area contributed by atoms with Crippen LogP contribution in [-0.4, -0.2) is 75.2 Å². The Hall–Kier alpha value is 1.50. The average molecular weight is 411 g/mol. The van der Waals surface area contributed by atoms with Gasteiger partial charge in [0.05, 0.1) is 0 Å². The van der Waals surface area contributed by atoms with Gasteiger partial charge < -0.3 is 24.7 Å². The van der Waals surface area contributed by atoms with Crippen LogP contribution in [0.4, 0.5) is 0 Å². The van der Waals surface area contributed by atoms with Crippen molar-refractivity contribution in [1.29, 1.82) is 0 Å². The molecule has 110 valence electrons. The molecule has 0 saturated carbocycles. The Kier molecular flexibility index (Phi) is 12.9. The molecule has 0 bridgehead atoms. The minimum absolute atomic E-state index is 0.240. The molecule has 0 heterocycles.